The highest BCUT2D eigenvalue weighted by molar-refractivity contribution is 6.33. The van der Waals surface area contributed by atoms with E-state index in [9.17, 15) is 22.8 Å². The van der Waals surface area contributed by atoms with Crippen molar-refractivity contribution in [1.29, 1.82) is 0 Å². The summed E-state index contributed by atoms with van der Waals surface area (Å²) in [5.41, 5.74) is -1.30. The predicted molar refractivity (Wildman–Crippen MR) is 135 cm³/mol. The summed E-state index contributed by atoms with van der Waals surface area (Å²) in [5.74, 6) is -0.986. The SMILES string of the molecule is CCC(OC)(C(=O)NCc1ccc(Cl)c(-c2nc(-c3cccc(C(C)(C)C)c3)nc(=O)[nH]2)c1)C(F)(F)F. The van der Waals surface area contributed by atoms with Gasteiger partial charge in [0, 0.05) is 24.8 Å². The van der Waals surface area contributed by atoms with Crippen LogP contribution in [0, 0.1) is 0 Å². The molecular weight excluding hydrogens is 509 g/mol. The topological polar surface area (TPSA) is 97.0 Å². The monoisotopic (exact) mass is 536 g/mol. The van der Waals surface area contributed by atoms with Crippen LogP contribution in [-0.2, 0) is 21.5 Å². The Morgan fingerprint density at radius 3 is 2.41 bits per heavy atom. The molecule has 1 atom stereocenters. The van der Waals surface area contributed by atoms with Gasteiger partial charge in [0.15, 0.2) is 5.82 Å². The average Bonchev–Trinajstić information content (AvgIpc) is 2.83. The number of benzene rings is 2. The first kappa shape index (κ1) is 28.3. The van der Waals surface area contributed by atoms with Crippen LogP contribution in [0.5, 0.6) is 0 Å². The molecule has 2 aromatic carbocycles. The molecule has 0 spiro atoms. The summed E-state index contributed by atoms with van der Waals surface area (Å²) in [4.78, 5) is 35.9. The van der Waals surface area contributed by atoms with Gasteiger partial charge < -0.3 is 10.1 Å². The number of methoxy groups -OCH3 is 1. The largest absolute Gasteiger partial charge is 0.426 e. The van der Waals surface area contributed by atoms with Crippen molar-refractivity contribution in [2.24, 2.45) is 0 Å². The van der Waals surface area contributed by atoms with E-state index in [1.807, 2.05) is 18.2 Å². The van der Waals surface area contributed by atoms with Gasteiger partial charge in [-0.15, -0.1) is 0 Å². The molecule has 0 aliphatic carbocycles. The number of hydrogen-bond acceptors (Lipinski definition) is 5. The Hall–Kier alpha value is -3.24. The quantitative estimate of drug-likeness (QED) is 0.420. The molecule has 0 saturated carbocycles. The van der Waals surface area contributed by atoms with Crippen LogP contribution >= 0.6 is 11.6 Å². The van der Waals surface area contributed by atoms with Crippen molar-refractivity contribution in [1.82, 2.24) is 20.3 Å². The molecule has 198 valence electrons. The third-order valence-electron chi connectivity index (χ3n) is 6.05. The molecule has 11 heteroatoms. The van der Waals surface area contributed by atoms with Crippen LogP contribution in [-0.4, -0.2) is 39.7 Å². The molecule has 37 heavy (non-hydrogen) atoms. The van der Waals surface area contributed by atoms with Crippen LogP contribution < -0.4 is 11.0 Å². The fourth-order valence-electron chi connectivity index (χ4n) is 3.80. The third-order valence-corrected chi connectivity index (χ3v) is 6.38. The van der Waals surface area contributed by atoms with E-state index in [-0.39, 0.29) is 28.6 Å². The lowest BCUT2D eigenvalue weighted by molar-refractivity contribution is -0.261. The summed E-state index contributed by atoms with van der Waals surface area (Å²) >= 11 is 6.37. The number of halogens is 4. The molecule has 2 N–H and O–H groups in total. The van der Waals surface area contributed by atoms with Crippen LogP contribution in [0.15, 0.2) is 47.3 Å². The van der Waals surface area contributed by atoms with Crippen molar-refractivity contribution in [3.05, 3.63) is 69.1 Å². The molecule has 0 fully saturated rings. The first-order valence-corrected chi connectivity index (χ1v) is 11.9. The van der Waals surface area contributed by atoms with Crippen LogP contribution in [0.2, 0.25) is 5.02 Å². The summed E-state index contributed by atoms with van der Waals surface area (Å²) in [6.07, 6.45) is -5.49. The summed E-state index contributed by atoms with van der Waals surface area (Å²) in [7, 11) is 0.844. The minimum Gasteiger partial charge on any atom is -0.360 e. The summed E-state index contributed by atoms with van der Waals surface area (Å²) in [5, 5.41) is 2.53. The number of hydrogen-bond donors (Lipinski definition) is 2. The number of aromatic amines is 1. The van der Waals surface area contributed by atoms with E-state index in [0.29, 0.717) is 16.7 Å². The fourth-order valence-corrected chi connectivity index (χ4v) is 4.00. The van der Waals surface area contributed by atoms with Crippen LogP contribution in [0.25, 0.3) is 22.8 Å². The minimum absolute atomic E-state index is 0.129. The first-order valence-electron chi connectivity index (χ1n) is 11.5. The zero-order valence-corrected chi connectivity index (χ0v) is 21.8. The second-order valence-electron chi connectivity index (χ2n) is 9.54. The second-order valence-corrected chi connectivity index (χ2v) is 9.94. The maximum Gasteiger partial charge on any atom is 0.426 e. The van der Waals surface area contributed by atoms with Gasteiger partial charge in [0.2, 0.25) is 5.60 Å². The van der Waals surface area contributed by atoms with Gasteiger partial charge >= 0.3 is 11.9 Å². The number of aromatic nitrogens is 3. The maximum absolute atomic E-state index is 13.5. The summed E-state index contributed by atoms with van der Waals surface area (Å²) in [6.45, 7) is 7.17. The smallest absolute Gasteiger partial charge is 0.360 e. The Labute approximate surface area is 217 Å². The standard InChI is InChI=1S/C26H28ClF3N4O3/c1-6-25(37-5,26(28,29)30)22(35)31-14-15-10-11-19(27)18(12-15)21-32-20(33-23(36)34-21)16-8-7-9-17(13-16)24(2,3)4/h7-13H,6,14H2,1-5H3,(H,31,35)(H,32,33,34,36). The van der Waals surface area contributed by atoms with Crippen LogP contribution in [0.4, 0.5) is 13.2 Å². The van der Waals surface area contributed by atoms with Gasteiger partial charge in [-0.05, 0) is 41.2 Å². The Morgan fingerprint density at radius 1 is 1.11 bits per heavy atom. The molecule has 1 unspecified atom stereocenters. The third kappa shape index (κ3) is 6.02. The number of nitrogens with zero attached hydrogens (tertiary/aromatic N) is 2. The zero-order valence-electron chi connectivity index (χ0n) is 21.1. The highest BCUT2D eigenvalue weighted by Crippen LogP contribution is 2.36. The van der Waals surface area contributed by atoms with Crippen molar-refractivity contribution in [2.45, 2.75) is 57.9 Å². The second kappa shape index (κ2) is 10.6. The number of nitrogens with one attached hydrogen (secondary N) is 2. The number of H-pyrrole nitrogens is 1. The van der Waals surface area contributed by atoms with Crippen molar-refractivity contribution in [2.75, 3.05) is 7.11 Å². The Kier molecular flexibility index (Phi) is 8.14. The number of alkyl halides is 3. The van der Waals surface area contributed by atoms with Crippen LogP contribution in [0.1, 0.15) is 45.2 Å². The molecule has 1 heterocycles. The van der Waals surface area contributed by atoms with E-state index in [4.69, 9.17) is 11.6 Å². The van der Waals surface area contributed by atoms with Gasteiger partial charge in [0.1, 0.15) is 5.82 Å². The Balaban J connectivity index is 1.94. The van der Waals surface area contributed by atoms with Crippen molar-refractivity contribution in [3.63, 3.8) is 0 Å². The lowest BCUT2D eigenvalue weighted by Crippen LogP contribution is -2.57. The van der Waals surface area contributed by atoms with Gasteiger partial charge in [0.05, 0.1) is 5.02 Å². The molecule has 7 nitrogen and oxygen atoms in total. The molecule has 1 amide bonds. The Morgan fingerprint density at radius 2 is 1.81 bits per heavy atom. The lowest BCUT2D eigenvalue weighted by atomic mass is 9.86. The van der Waals surface area contributed by atoms with Gasteiger partial charge in [-0.1, -0.05) is 63.6 Å². The summed E-state index contributed by atoms with van der Waals surface area (Å²) < 4.78 is 45.2. The summed E-state index contributed by atoms with van der Waals surface area (Å²) in [6, 6.07) is 12.1. The van der Waals surface area contributed by atoms with E-state index < -0.39 is 29.8 Å². The molecule has 0 aliphatic rings. The number of carbonyl (C=O) groups excluding carboxylic acids is 1. The predicted octanol–water partition coefficient (Wildman–Crippen LogP) is 5.42. The van der Waals surface area contributed by atoms with Gasteiger partial charge in [0.25, 0.3) is 5.91 Å². The normalized spacial score (nSPS) is 13.8. The molecule has 3 aromatic rings. The molecule has 1 aromatic heterocycles. The highest BCUT2D eigenvalue weighted by Gasteiger charge is 2.59. The number of ether oxygens (including phenoxy) is 1. The van der Waals surface area contributed by atoms with Crippen molar-refractivity contribution >= 4 is 17.5 Å². The van der Waals surface area contributed by atoms with E-state index in [2.05, 4.69) is 45.8 Å². The van der Waals surface area contributed by atoms with Gasteiger partial charge in [-0.2, -0.15) is 18.2 Å². The van der Waals surface area contributed by atoms with E-state index in [0.717, 1.165) is 12.7 Å². The Bertz CT molecular complexity index is 1350. The van der Waals surface area contributed by atoms with Gasteiger partial charge in [-0.3, -0.25) is 9.78 Å². The molecular formula is C26H28ClF3N4O3. The fraction of sp³-hybridized carbons (Fsp3) is 0.385. The first-order chi connectivity index (χ1) is 17.2. The van der Waals surface area contributed by atoms with Crippen molar-refractivity contribution < 1.29 is 22.7 Å². The molecule has 0 bridgehead atoms. The van der Waals surface area contributed by atoms with E-state index >= 15 is 0 Å². The number of rotatable bonds is 7. The lowest BCUT2D eigenvalue weighted by Gasteiger charge is -2.31. The molecule has 0 radical (unpaired) electrons. The van der Waals surface area contributed by atoms with Crippen molar-refractivity contribution in [3.8, 4) is 22.8 Å². The van der Waals surface area contributed by atoms with Crippen LogP contribution in [0.3, 0.4) is 0 Å². The van der Waals surface area contributed by atoms with E-state index in [1.54, 1.807) is 12.1 Å². The molecule has 3 rings (SSSR count). The average molecular weight is 537 g/mol. The minimum atomic E-state index is -4.90. The zero-order chi connectivity index (χ0) is 27.6. The molecule has 0 aliphatic heterocycles. The number of carbonyl (C=O) groups is 1. The maximum atomic E-state index is 13.5. The van der Waals surface area contributed by atoms with E-state index in [1.165, 1.54) is 19.1 Å². The number of amides is 1. The molecule has 0 saturated heterocycles. The highest BCUT2D eigenvalue weighted by atomic mass is 35.5. The van der Waals surface area contributed by atoms with Gasteiger partial charge in [-0.25, -0.2) is 9.78 Å².